The third-order valence-corrected chi connectivity index (χ3v) is 7.25. The monoisotopic (exact) mass is 500 g/mol. The smallest absolute Gasteiger partial charge is 0.281 e. The molecule has 1 aliphatic heterocycles. The van der Waals surface area contributed by atoms with Gasteiger partial charge in [-0.3, -0.25) is 18.9 Å². The Labute approximate surface area is 212 Å². The highest BCUT2D eigenvalue weighted by atomic mass is 16.6. The molecule has 11 nitrogen and oxygen atoms in total. The first-order valence-corrected chi connectivity index (χ1v) is 12.3. The number of nitrogens with two attached hydrogens (primary N) is 1. The highest BCUT2D eigenvalue weighted by Crippen LogP contribution is 2.28. The second-order valence-corrected chi connectivity index (χ2v) is 9.84. The van der Waals surface area contributed by atoms with Gasteiger partial charge in [0.15, 0.2) is 5.52 Å². The first-order valence-electron chi connectivity index (χ1n) is 12.3. The summed E-state index contributed by atoms with van der Waals surface area (Å²) in [7, 11) is 1.80. The predicted octanol–water partition coefficient (Wildman–Crippen LogP) is 1.82. The van der Waals surface area contributed by atoms with E-state index in [2.05, 4.69) is 25.3 Å². The number of nitrogens with zero attached hydrogens (tertiary/aromatic N) is 7. The second kappa shape index (κ2) is 9.18. The number of likely N-dealkylation sites (tertiary alicyclic amines) is 1. The zero-order valence-electron chi connectivity index (χ0n) is 20.5. The lowest BCUT2D eigenvalue weighted by Crippen LogP contribution is -2.47. The SMILES string of the molecule is Cn1nc2c(=O)n(CC3(O)CCN(Cc4ccc5nonc5c4)CC3)cnc2c1-c1ccc(CN)cc1. The number of aryl methyl sites for hydroxylation is 1. The summed E-state index contributed by atoms with van der Waals surface area (Å²) in [6, 6.07) is 13.7. The quantitative estimate of drug-likeness (QED) is 0.357. The Balaban J connectivity index is 1.18. The van der Waals surface area contributed by atoms with E-state index in [4.69, 9.17) is 10.4 Å². The molecular formula is C26H28N8O3. The molecule has 3 N–H and O–H groups in total. The van der Waals surface area contributed by atoms with Gasteiger partial charge in [-0.05, 0) is 46.4 Å². The molecule has 1 fully saturated rings. The number of hydrogen-bond donors (Lipinski definition) is 2. The van der Waals surface area contributed by atoms with Gasteiger partial charge < -0.3 is 10.8 Å². The van der Waals surface area contributed by atoms with Crippen molar-refractivity contribution in [3.05, 3.63) is 70.3 Å². The Kier molecular flexibility index (Phi) is 5.82. The van der Waals surface area contributed by atoms with E-state index in [1.165, 1.54) is 10.9 Å². The Bertz CT molecular complexity index is 1630. The zero-order chi connectivity index (χ0) is 25.6. The minimum Gasteiger partial charge on any atom is -0.388 e. The average molecular weight is 501 g/mol. The van der Waals surface area contributed by atoms with Gasteiger partial charge in [-0.1, -0.05) is 30.3 Å². The zero-order valence-corrected chi connectivity index (χ0v) is 20.5. The van der Waals surface area contributed by atoms with Gasteiger partial charge in [0.1, 0.15) is 16.6 Å². The second-order valence-electron chi connectivity index (χ2n) is 9.84. The van der Waals surface area contributed by atoms with Crippen molar-refractivity contribution in [2.75, 3.05) is 13.1 Å². The first-order chi connectivity index (χ1) is 17.9. The van der Waals surface area contributed by atoms with Crippen molar-refractivity contribution in [2.45, 2.75) is 38.1 Å². The van der Waals surface area contributed by atoms with Crippen molar-refractivity contribution >= 4 is 22.1 Å². The van der Waals surface area contributed by atoms with Gasteiger partial charge in [0.05, 0.1) is 24.2 Å². The lowest BCUT2D eigenvalue weighted by atomic mass is 9.91. The molecule has 6 rings (SSSR count). The molecule has 0 saturated carbocycles. The summed E-state index contributed by atoms with van der Waals surface area (Å²) in [6.07, 6.45) is 2.62. The summed E-state index contributed by atoms with van der Waals surface area (Å²) in [6.45, 7) is 2.81. The molecule has 0 bridgehead atoms. The minimum absolute atomic E-state index is 0.177. The summed E-state index contributed by atoms with van der Waals surface area (Å²) < 4.78 is 7.94. The van der Waals surface area contributed by atoms with Gasteiger partial charge in [0, 0.05) is 38.8 Å². The Morgan fingerprint density at radius 2 is 1.76 bits per heavy atom. The summed E-state index contributed by atoms with van der Waals surface area (Å²) in [4.78, 5) is 20.2. The fourth-order valence-corrected chi connectivity index (χ4v) is 5.12. The maximum Gasteiger partial charge on any atom is 0.281 e. The lowest BCUT2D eigenvalue weighted by molar-refractivity contribution is -0.0364. The summed E-state index contributed by atoms with van der Waals surface area (Å²) in [5.74, 6) is 0. The highest BCUT2D eigenvalue weighted by Gasteiger charge is 2.33. The van der Waals surface area contributed by atoms with Crippen LogP contribution in [0.25, 0.3) is 33.3 Å². The van der Waals surface area contributed by atoms with Gasteiger partial charge in [-0.15, -0.1) is 0 Å². The molecule has 1 aliphatic rings. The topological polar surface area (TPSA) is 141 Å². The van der Waals surface area contributed by atoms with Crippen LogP contribution in [0, 0.1) is 0 Å². The van der Waals surface area contributed by atoms with Crippen LogP contribution in [-0.2, 0) is 26.7 Å². The van der Waals surface area contributed by atoms with E-state index >= 15 is 0 Å². The molecule has 11 heteroatoms. The largest absolute Gasteiger partial charge is 0.388 e. The molecule has 37 heavy (non-hydrogen) atoms. The first kappa shape index (κ1) is 23.5. The number of fused-ring (bicyclic) bond motifs is 2. The van der Waals surface area contributed by atoms with Gasteiger partial charge >= 0.3 is 0 Å². The van der Waals surface area contributed by atoms with E-state index in [9.17, 15) is 9.90 Å². The van der Waals surface area contributed by atoms with Gasteiger partial charge in [-0.2, -0.15) is 5.10 Å². The molecule has 0 spiro atoms. The maximum absolute atomic E-state index is 13.3. The van der Waals surface area contributed by atoms with Crippen molar-refractivity contribution < 1.29 is 9.74 Å². The number of aromatic nitrogens is 6. The molecule has 0 aliphatic carbocycles. The van der Waals surface area contributed by atoms with Crippen LogP contribution in [0.15, 0.2) is 58.2 Å². The fraction of sp³-hybridized carbons (Fsp3) is 0.346. The third kappa shape index (κ3) is 4.41. The van der Waals surface area contributed by atoms with E-state index in [1.807, 2.05) is 42.5 Å². The highest BCUT2D eigenvalue weighted by molar-refractivity contribution is 5.89. The van der Waals surface area contributed by atoms with Crippen LogP contribution in [0.2, 0.25) is 0 Å². The van der Waals surface area contributed by atoms with Crippen LogP contribution in [0.4, 0.5) is 0 Å². The molecule has 1 saturated heterocycles. The van der Waals surface area contributed by atoms with Crippen LogP contribution in [-0.4, -0.2) is 58.3 Å². The number of hydrogen-bond acceptors (Lipinski definition) is 9. The standard InChI is InChI=1S/C26H28N8O3/c1-32-24(19-5-2-17(13-27)3-6-19)22-23(29-32)25(35)34(16-28-22)15-26(36)8-10-33(11-9-26)14-18-4-7-20-21(12-18)31-37-30-20/h2-7,12,16,36H,8-11,13-15,27H2,1H3. The third-order valence-electron chi connectivity index (χ3n) is 7.25. The molecule has 0 atom stereocenters. The Morgan fingerprint density at radius 3 is 2.51 bits per heavy atom. The summed E-state index contributed by atoms with van der Waals surface area (Å²) >= 11 is 0. The molecular weight excluding hydrogens is 472 g/mol. The number of benzene rings is 2. The number of piperidine rings is 1. The predicted molar refractivity (Wildman–Crippen MR) is 137 cm³/mol. The van der Waals surface area contributed by atoms with Crippen molar-refractivity contribution in [2.24, 2.45) is 12.8 Å². The van der Waals surface area contributed by atoms with Crippen molar-refractivity contribution in [3.63, 3.8) is 0 Å². The molecule has 0 amide bonds. The van der Waals surface area contributed by atoms with Crippen molar-refractivity contribution in [3.8, 4) is 11.3 Å². The average Bonchev–Trinajstić information content (AvgIpc) is 3.51. The van der Waals surface area contributed by atoms with Gasteiger partial charge in [0.25, 0.3) is 5.56 Å². The normalized spacial score (nSPS) is 16.1. The van der Waals surface area contributed by atoms with Crippen LogP contribution in [0.3, 0.4) is 0 Å². The maximum atomic E-state index is 13.3. The Hall–Kier alpha value is -3.93. The van der Waals surface area contributed by atoms with Crippen molar-refractivity contribution in [1.82, 2.24) is 34.5 Å². The van der Waals surface area contributed by atoms with Crippen molar-refractivity contribution in [1.29, 1.82) is 0 Å². The van der Waals surface area contributed by atoms with E-state index in [1.54, 1.807) is 11.7 Å². The fourth-order valence-electron chi connectivity index (χ4n) is 5.12. The van der Waals surface area contributed by atoms with Crippen LogP contribution < -0.4 is 11.3 Å². The van der Waals surface area contributed by atoms with Crippen LogP contribution in [0.1, 0.15) is 24.0 Å². The van der Waals surface area contributed by atoms with E-state index in [-0.39, 0.29) is 12.1 Å². The summed E-state index contributed by atoms with van der Waals surface area (Å²) in [5, 5.41) is 23.6. The van der Waals surface area contributed by atoms with Crippen LogP contribution >= 0.6 is 0 Å². The molecule has 4 heterocycles. The minimum atomic E-state index is -0.995. The van der Waals surface area contributed by atoms with E-state index in [0.29, 0.717) is 43.5 Å². The van der Waals surface area contributed by atoms with E-state index in [0.717, 1.165) is 40.0 Å². The Morgan fingerprint density at radius 1 is 1.03 bits per heavy atom. The lowest BCUT2D eigenvalue weighted by Gasteiger charge is -2.38. The van der Waals surface area contributed by atoms with Crippen LogP contribution in [0.5, 0.6) is 0 Å². The van der Waals surface area contributed by atoms with Gasteiger partial charge in [0.2, 0.25) is 0 Å². The molecule has 0 radical (unpaired) electrons. The van der Waals surface area contributed by atoms with Gasteiger partial charge in [-0.25, -0.2) is 9.61 Å². The molecule has 5 aromatic rings. The van der Waals surface area contributed by atoms with E-state index < -0.39 is 5.60 Å². The number of aliphatic hydroxyl groups is 1. The molecule has 190 valence electrons. The molecule has 0 unspecified atom stereocenters. The molecule has 3 aromatic heterocycles. The summed E-state index contributed by atoms with van der Waals surface area (Å²) in [5.41, 5.74) is 10.6. The molecule has 2 aromatic carbocycles. The number of rotatable bonds is 6.